The number of H-pyrrole nitrogens is 1. The number of rotatable bonds is 5. The number of benzene rings is 1. The number of hydrogen-bond acceptors (Lipinski definition) is 5. The molecule has 0 radical (unpaired) electrons. The minimum Gasteiger partial charge on any atom is -0.481 e. The molecular formula is C21H25NO8. The van der Waals surface area contributed by atoms with Gasteiger partial charge >= 0.3 is 17.9 Å². The number of carbonyl (C=O) groups is 3. The molecule has 9 nitrogen and oxygen atoms in total. The normalized spacial score (nSPS) is 20.4. The van der Waals surface area contributed by atoms with Gasteiger partial charge in [0.15, 0.2) is 5.60 Å². The molecule has 2 unspecified atom stereocenters. The molecule has 1 saturated carbocycles. The van der Waals surface area contributed by atoms with Crippen molar-refractivity contribution in [3.8, 4) is 0 Å². The maximum absolute atomic E-state index is 10.3. The van der Waals surface area contributed by atoms with Crippen LogP contribution < -0.4 is 0 Å². The second-order valence-electron chi connectivity index (χ2n) is 7.78. The summed E-state index contributed by atoms with van der Waals surface area (Å²) in [5.74, 6) is -4.39. The molecule has 1 aliphatic heterocycles. The minimum atomic E-state index is -2.74. The first-order valence-electron chi connectivity index (χ1n) is 9.81. The second kappa shape index (κ2) is 8.85. The van der Waals surface area contributed by atoms with Crippen molar-refractivity contribution in [3.05, 3.63) is 35.5 Å². The van der Waals surface area contributed by atoms with Crippen molar-refractivity contribution in [3.63, 3.8) is 0 Å². The lowest BCUT2D eigenvalue weighted by atomic mass is 9.79. The highest BCUT2D eigenvalue weighted by atomic mass is 16.5. The number of ether oxygens (including phenoxy) is 1. The largest absolute Gasteiger partial charge is 0.481 e. The summed E-state index contributed by atoms with van der Waals surface area (Å²) in [4.78, 5) is 34.0. The summed E-state index contributed by atoms with van der Waals surface area (Å²) in [5.41, 5.74) is 1.40. The second-order valence-corrected chi connectivity index (χ2v) is 7.78. The zero-order chi connectivity index (χ0) is 21.9. The van der Waals surface area contributed by atoms with Crippen molar-refractivity contribution in [2.24, 2.45) is 0 Å². The van der Waals surface area contributed by atoms with Gasteiger partial charge in [0, 0.05) is 22.5 Å². The molecule has 2 heterocycles. The first-order valence-corrected chi connectivity index (χ1v) is 9.81. The fraction of sp³-hybridized carbons (Fsp3) is 0.476. The molecule has 1 aliphatic carbocycles. The molecular weight excluding hydrogens is 394 g/mol. The van der Waals surface area contributed by atoms with E-state index in [1.807, 2.05) is 0 Å². The average Bonchev–Trinajstić information content (AvgIpc) is 3.06. The van der Waals surface area contributed by atoms with Crippen LogP contribution >= 0.6 is 0 Å². The topological polar surface area (TPSA) is 157 Å². The van der Waals surface area contributed by atoms with Gasteiger partial charge in [0.1, 0.15) is 0 Å². The van der Waals surface area contributed by atoms with Crippen LogP contribution in [0.25, 0.3) is 10.9 Å². The summed E-state index contributed by atoms with van der Waals surface area (Å²) in [6.45, 7) is 0.769. The first-order chi connectivity index (χ1) is 14.2. The predicted octanol–water partition coefficient (Wildman–Crippen LogP) is 2.48. The van der Waals surface area contributed by atoms with Gasteiger partial charge < -0.3 is 30.1 Å². The molecule has 0 spiro atoms. The highest BCUT2D eigenvalue weighted by Crippen LogP contribution is 2.43. The lowest BCUT2D eigenvalue weighted by Crippen LogP contribution is -2.42. The monoisotopic (exact) mass is 419 g/mol. The number of carboxylic acid groups (broad SMARTS) is 3. The van der Waals surface area contributed by atoms with E-state index in [0.717, 1.165) is 6.61 Å². The van der Waals surface area contributed by atoms with Crippen LogP contribution in [0.3, 0.4) is 0 Å². The van der Waals surface area contributed by atoms with Crippen molar-refractivity contribution in [2.45, 2.75) is 62.8 Å². The Morgan fingerprint density at radius 1 is 1.03 bits per heavy atom. The molecule has 1 aromatic heterocycles. The third-order valence-electron chi connectivity index (χ3n) is 5.63. The van der Waals surface area contributed by atoms with Crippen molar-refractivity contribution >= 4 is 28.8 Å². The van der Waals surface area contributed by atoms with Gasteiger partial charge in [-0.05, 0) is 24.5 Å². The SMILES string of the molecule is O=C(O)CC(O)(CC(=O)O)C(=O)O.c1ccc2c3c([nH]c2c1)COC1CCCCC31. The van der Waals surface area contributed by atoms with Crippen LogP contribution in [0.4, 0.5) is 0 Å². The molecule has 0 saturated heterocycles. The molecule has 0 amide bonds. The van der Waals surface area contributed by atoms with Crippen molar-refractivity contribution in [1.29, 1.82) is 0 Å². The van der Waals surface area contributed by atoms with Gasteiger partial charge in [-0.15, -0.1) is 0 Å². The van der Waals surface area contributed by atoms with E-state index in [1.165, 1.54) is 42.3 Å². The van der Waals surface area contributed by atoms with Gasteiger partial charge in [-0.2, -0.15) is 0 Å². The number of para-hydroxylation sites is 1. The van der Waals surface area contributed by atoms with E-state index in [0.29, 0.717) is 12.0 Å². The summed E-state index contributed by atoms with van der Waals surface area (Å²) in [6, 6.07) is 8.67. The number of carboxylic acids is 3. The number of aliphatic hydroxyl groups is 1. The Bertz CT molecular complexity index is 934. The predicted molar refractivity (Wildman–Crippen MR) is 105 cm³/mol. The fourth-order valence-corrected chi connectivity index (χ4v) is 4.29. The zero-order valence-corrected chi connectivity index (χ0v) is 16.3. The molecule has 5 N–H and O–H groups in total. The standard InChI is InChI=1S/C15H17NO.C6H8O7/c1-3-7-12-10(5-1)15-11-6-2-4-8-14(11)17-9-13(15)16-12;7-3(8)1-6(13,5(11)12)2-4(9)10/h1,3,5,7,11,14,16H,2,4,6,8-9H2;13H,1-2H2,(H,7,8)(H,9,10)(H,11,12). The minimum absolute atomic E-state index is 0.468. The molecule has 1 aromatic carbocycles. The van der Waals surface area contributed by atoms with Crippen molar-refractivity contribution < 1.29 is 39.5 Å². The molecule has 162 valence electrons. The number of aromatic amines is 1. The van der Waals surface area contributed by atoms with Crippen molar-refractivity contribution in [2.75, 3.05) is 0 Å². The van der Waals surface area contributed by atoms with Crippen LogP contribution in [0.15, 0.2) is 24.3 Å². The lowest BCUT2D eigenvalue weighted by Gasteiger charge is -2.35. The first kappa shape index (κ1) is 21.8. The summed E-state index contributed by atoms with van der Waals surface area (Å²) in [6.07, 6.45) is 3.39. The molecule has 2 aromatic rings. The Balaban J connectivity index is 0.000000180. The average molecular weight is 419 g/mol. The van der Waals surface area contributed by atoms with E-state index in [2.05, 4.69) is 29.2 Å². The third-order valence-corrected chi connectivity index (χ3v) is 5.63. The highest BCUT2D eigenvalue weighted by molar-refractivity contribution is 5.88. The van der Waals surface area contributed by atoms with Crippen molar-refractivity contribution in [1.82, 2.24) is 4.98 Å². The van der Waals surface area contributed by atoms with Crippen LogP contribution in [0.5, 0.6) is 0 Å². The Kier molecular flexibility index (Phi) is 6.42. The molecule has 2 atom stereocenters. The molecule has 2 aliphatic rings. The maximum Gasteiger partial charge on any atom is 0.336 e. The Morgan fingerprint density at radius 3 is 2.30 bits per heavy atom. The Hall–Kier alpha value is -2.91. The van der Waals surface area contributed by atoms with Crippen LogP contribution in [0.1, 0.15) is 55.7 Å². The molecule has 4 rings (SSSR count). The number of fused-ring (bicyclic) bond motifs is 5. The van der Waals surface area contributed by atoms with E-state index >= 15 is 0 Å². The number of aliphatic carboxylic acids is 3. The van der Waals surface area contributed by atoms with Crippen LogP contribution in [-0.4, -0.2) is 55.0 Å². The summed E-state index contributed by atoms with van der Waals surface area (Å²) in [5, 5.41) is 35.2. The molecule has 30 heavy (non-hydrogen) atoms. The zero-order valence-electron chi connectivity index (χ0n) is 16.3. The van der Waals surface area contributed by atoms with Gasteiger partial charge in [-0.3, -0.25) is 9.59 Å². The number of hydrogen-bond donors (Lipinski definition) is 5. The van der Waals surface area contributed by atoms with Gasteiger partial charge in [0.25, 0.3) is 0 Å². The number of aromatic nitrogens is 1. The van der Waals surface area contributed by atoms with E-state index in [1.54, 1.807) is 5.56 Å². The van der Waals surface area contributed by atoms with Crippen LogP contribution in [-0.2, 0) is 25.7 Å². The van der Waals surface area contributed by atoms with E-state index in [4.69, 9.17) is 25.2 Å². The molecule has 9 heteroatoms. The van der Waals surface area contributed by atoms with Gasteiger partial charge in [-0.25, -0.2) is 4.79 Å². The van der Waals surface area contributed by atoms with Gasteiger partial charge in [-0.1, -0.05) is 31.0 Å². The lowest BCUT2D eigenvalue weighted by molar-refractivity contribution is -0.170. The Labute approximate surface area is 172 Å². The van der Waals surface area contributed by atoms with E-state index < -0.39 is 36.4 Å². The van der Waals surface area contributed by atoms with E-state index in [-0.39, 0.29) is 0 Å². The summed E-state index contributed by atoms with van der Waals surface area (Å²) >= 11 is 0. The van der Waals surface area contributed by atoms with E-state index in [9.17, 15) is 14.4 Å². The maximum atomic E-state index is 10.3. The van der Waals surface area contributed by atoms with Gasteiger partial charge in [0.05, 0.1) is 25.6 Å². The summed E-state index contributed by atoms with van der Waals surface area (Å²) < 4.78 is 6.01. The third kappa shape index (κ3) is 4.63. The number of nitrogens with one attached hydrogen (secondary N) is 1. The highest BCUT2D eigenvalue weighted by Gasteiger charge is 2.40. The summed E-state index contributed by atoms with van der Waals surface area (Å²) in [7, 11) is 0. The smallest absolute Gasteiger partial charge is 0.336 e. The molecule has 0 bridgehead atoms. The van der Waals surface area contributed by atoms with Gasteiger partial charge in [0.2, 0.25) is 0 Å². The fourth-order valence-electron chi connectivity index (χ4n) is 4.29. The quantitative estimate of drug-likeness (QED) is 0.494. The molecule has 1 fully saturated rings. The van der Waals surface area contributed by atoms with Crippen LogP contribution in [0.2, 0.25) is 0 Å². The Morgan fingerprint density at radius 2 is 1.67 bits per heavy atom. The van der Waals surface area contributed by atoms with Crippen LogP contribution in [0, 0.1) is 0 Å².